The van der Waals surface area contributed by atoms with E-state index in [9.17, 15) is 4.79 Å². The highest BCUT2D eigenvalue weighted by atomic mass is 79.9. The van der Waals surface area contributed by atoms with Crippen LogP contribution in [0.4, 0.5) is 11.4 Å². The van der Waals surface area contributed by atoms with Gasteiger partial charge >= 0.3 is 0 Å². The molecule has 5 heteroatoms. The summed E-state index contributed by atoms with van der Waals surface area (Å²) < 4.78 is 0.857. The maximum Gasteiger partial charge on any atom is 0.257 e. The number of nitrogens with one attached hydrogen (secondary N) is 1. The van der Waals surface area contributed by atoms with E-state index in [0.29, 0.717) is 22.0 Å². The van der Waals surface area contributed by atoms with E-state index in [1.165, 1.54) is 0 Å². The molecule has 0 heterocycles. The van der Waals surface area contributed by atoms with E-state index in [1.54, 1.807) is 42.5 Å². The first-order valence-corrected chi connectivity index (χ1v) is 6.36. The summed E-state index contributed by atoms with van der Waals surface area (Å²) in [6, 6.07) is 12.1. The molecule has 3 nitrogen and oxygen atoms in total. The lowest BCUT2D eigenvalue weighted by atomic mass is 10.2. The summed E-state index contributed by atoms with van der Waals surface area (Å²) in [6.07, 6.45) is 0. The van der Waals surface area contributed by atoms with Crippen LogP contribution in [0, 0.1) is 0 Å². The molecule has 0 aliphatic heterocycles. The van der Waals surface area contributed by atoms with Crippen LogP contribution < -0.4 is 11.1 Å². The molecule has 0 saturated carbocycles. The molecule has 0 aliphatic rings. The van der Waals surface area contributed by atoms with E-state index in [4.69, 9.17) is 17.3 Å². The van der Waals surface area contributed by atoms with Gasteiger partial charge in [-0.3, -0.25) is 4.79 Å². The van der Waals surface area contributed by atoms with Gasteiger partial charge in [0.1, 0.15) is 0 Å². The Balaban J connectivity index is 2.24. The average molecular weight is 326 g/mol. The van der Waals surface area contributed by atoms with Gasteiger partial charge in [-0.05, 0) is 30.3 Å². The van der Waals surface area contributed by atoms with Gasteiger partial charge in [0, 0.05) is 4.47 Å². The lowest BCUT2D eigenvalue weighted by Crippen LogP contribution is -2.13. The van der Waals surface area contributed by atoms with E-state index < -0.39 is 0 Å². The van der Waals surface area contributed by atoms with Crippen LogP contribution in [0.5, 0.6) is 0 Å². The number of nitrogen functional groups attached to an aromatic ring is 1. The van der Waals surface area contributed by atoms with Crippen molar-refractivity contribution >= 4 is 44.8 Å². The standard InChI is InChI=1S/C13H10BrClN2O/c14-8-5-6-12(11(16)7-8)17-13(18)9-3-1-2-4-10(9)15/h1-7H,16H2,(H,17,18). The van der Waals surface area contributed by atoms with Crippen molar-refractivity contribution in [3.05, 3.63) is 57.5 Å². The number of anilines is 2. The van der Waals surface area contributed by atoms with Crippen molar-refractivity contribution in [2.45, 2.75) is 0 Å². The molecule has 3 N–H and O–H groups in total. The van der Waals surface area contributed by atoms with Gasteiger partial charge in [-0.1, -0.05) is 39.7 Å². The number of hydrogen-bond acceptors (Lipinski definition) is 2. The zero-order chi connectivity index (χ0) is 13.1. The van der Waals surface area contributed by atoms with Crippen LogP contribution in [-0.4, -0.2) is 5.91 Å². The monoisotopic (exact) mass is 324 g/mol. The minimum absolute atomic E-state index is 0.283. The first-order valence-electron chi connectivity index (χ1n) is 5.19. The highest BCUT2D eigenvalue weighted by molar-refractivity contribution is 9.10. The zero-order valence-corrected chi connectivity index (χ0v) is 11.6. The molecule has 0 fully saturated rings. The number of carbonyl (C=O) groups is 1. The van der Waals surface area contributed by atoms with Gasteiger partial charge in [-0.2, -0.15) is 0 Å². The van der Waals surface area contributed by atoms with E-state index >= 15 is 0 Å². The Morgan fingerprint density at radius 1 is 1.22 bits per heavy atom. The Hall–Kier alpha value is -1.52. The summed E-state index contributed by atoms with van der Waals surface area (Å²) in [5, 5.41) is 3.13. The summed E-state index contributed by atoms with van der Waals surface area (Å²) in [5.74, 6) is -0.283. The summed E-state index contributed by atoms with van der Waals surface area (Å²) in [6.45, 7) is 0. The Bertz CT molecular complexity index is 601. The molecule has 0 atom stereocenters. The fourth-order valence-electron chi connectivity index (χ4n) is 1.48. The number of rotatable bonds is 2. The van der Waals surface area contributed by atoms with Crippen molar-refractivity contribution in [1.29, 1.82) is 0 Å². The molecule has 0 bridgehead atoms. The van der Waals surface area contributed by atoms with Crippen LogP contribution in [0.2, 0.25) is 5.02 Å². The Kier molecular flexibility index (Phi) is 3.89. The lowest BCUT2D eigenvalue weighted by Gasteiger charge is -2.09. The number of halogens is 2. The molecule has 18 heavy (non-hydrogen) atoms. The van der Waals surface area contributed by atoms with Crippen molar-refractivity contribution in [2.75, 3.05) is 11.1 Å². The van der Waals surface area contributed by atoms with Crippen molar-refractivity contribution in [3.8, 4) is 0 Å². The van der Waals surface area contributed by atoms with Crippen LogP contribution in [0.25, 0.3) is 0 Å². The largest absolute Gasteiger partial charge is 0.397 e. The number of benzene rings is 2. The molecule has 0 unspecified atom stereocenters. The van der Waals surface area contributed by atoms with Crippen molar-refractivity contribution in [1.82, 2.24) is 0 Å². The normalized spacial score (nSPS) is 10.1. The quantitative estimate of drug-likeness (QED) is 0.822. The number of carbonyl (C=O) groups excluding carboxylic acids is 1. The predicted molar refractivity (Wildman–Crippen MR) is 78.0 cm³/mol. The lowest BCUT2D eigenvalue weighted by molar-refractivity contribution is 0.102. The van der Waals surface area contributed by atoms with Gasteiger partial charge in [0.25, 0.3) is 5.91 Å². The Morgan fingerprint density at radius 2 is 1.94 bits per heavy atom. The minimum atomic E-state index is -0.283. The summed E-state index contributed by atoms with van der Waals surface area (Å²) >= 11 is 9.26. The molecule has 2 aromatic rings. The van der Waals surface area contributed by atoms with Crippen LogP contribution in [-0.2, 0) is 0 Å². The highest BCUT2D eigenvalue weighted by Gasteiger charge is 2.11. The fraction of sp³-hybridized carbons (Fsp3) is 0. The number of nitrogens with two attached hydrogens (primary N) is 1. The summed E-state index contributed by atoms with van der Waals surface area (Å²) in [7, 11) is 0. The summed E-state index contributed by atoms with van der Waals surface area (Å²) in [4.78, 5) is 12.0. The third-order valence-electron chi connectivity index (χ3n) is 2.38. The maximum atomic E-state index is 12.0. The van der Waals surface area contributed by atoms with Gasteiger partial charge in [0.2, 0.25) is 0 Å². The molecule has 1 amide bonds. The number of amides is 1. The minimum Gasteiger partial charge on any atom is -0.397 e. The molecule has 0 spiro atoms. The SMILES string of the molecule is Nc1cc(Br)ccc1NC(=O)c1ccccc1Cl. The second-order valence-electron chi connectivity index (χ2n) is 3.67. The Labute approximate surface area is 118 Å². The predicted octanol–water partition coefficient (Wildman–Crippen LogP) is 3.94. The van der Waals surface area contributed by atoms with Crippen LogP contribution in [0.3, 0.4) is 0 Å². The van der Waals surface area contributed by atoms with E-state index in [-0.39, 0.29) is 5.91 Å². The topological polar surface area (TPSA) is 55.1 Å². The van der Waals surface area contributed by atoms with Crippen LogP contribution >= 0.6 is 27.5 Å². The third kappa shape index (κ3) is 2.83. The third-order valence-corrected chi connectivity index (χ3v) is 3.20. The Morgan fingerprint density at radius 3 is 2.61 bits per heavy atom. The molecule has 0 radical (unpaired) electrons. The van der Waals surface area contributed by atoms with Crippen LogP contribution in [0.1, 0.15) is 10.4 Å². The van der Waals surface area contributed by atoms with Gasteiger partial charge in [0.15, 0.2) is 0 Å². The number of hydrogen-bond donors (Lipinski definition) is 2. The zero-order valence-electron chi connectivity index (χ0n) is 9.28. The molecule has 92 valence electrons. The molecule has 0 aliphatic carbocycles. The van der Waals surface area contributed by atoms with E-state index in [1.807, 2.05) is 0 Å². The van der Waals surface area contributed by atoms with Crippen LogP contribution in [0.15, 0.2) is 46.9 Å². The maximum absolute atomic E-state index is 12.0. The molecular weight excluding hydrogens is 316 g/mol. The first kappa shape index (κ1) is 12.9. The summed E-state index contributed by atoms with van der Waals surface area (Å²) in [5.41, 5.74) is 7.28. The van der Waals surface area contributed by atoms with Gasteiger partial charge < -0.3 is 11.1 Å². The fourth-order valence-corrected chi connectivity index (χ4v) is 2.08. The van der Waals surface area contributed by atoms with Crippen molar-refractivity contribution in [3.63, 3.8) is 0 Å². The van der Waals surface area contributed by atoms with Gasteiger partial charge in [-0.15, -0.1) is 0 Å². The molecule has 0 saturated heterocycles. The molecule has 2 aromatic carbocycles. The van der Waals surface area contributed by atoms with Crippen molar-refractivity contribution < 1.29 is 4.79 Å². The van der Waals surface area contributed by atoms with E-state index in [0.717, 1.165) is 4.47 Å². The van der Waals surface area contributed by atoms with Gasteiger partial charge in [0.05, 0.1) is 22.0 Å². The second kappa shape index (κ2) is 5.42. The molecular formula is C13H10BrClN2O. The molecule has 0 aromatic heterocycles. The molecule has 2 rings (SSSR count). The van der Waals surface area contributed by atoms with Crippen molar-refractivity contribution in [2.24, 2.45) is 0 Å². The highest BCUT2D eigenvalue weighted by Crippen LogP contribution is 2.24. The average Bonchev–Trinajstić information content (AvgIpc) is 2.33. The van der Waals surface area contributed by atoms with Gasteiger partial charge in [-0.25, -0.2) is 0 Å². The first-order chi connectivity index (χ1) is 8.58. The second-order valence-corrected chi connectivity index (χ2v) is 4.99. The van der Waals surface area contributed by atoms with E-state index in [2.05, 4.69) is 21.2 Å². The smallest absolute Gasteiger partial charge is 0.257 e.